The Hall–Kier alpha value is -1.88. The molecule has 0 unspecified atom stereocenters. The summed E-state index contributed by atoms with van der Waals surface area (Å²) in [4.78, 5) is 6.72. The molecular weight excluding hydrogens is 256 g/mol. The first-order chi connectivity index (χ1) is 9.16. The Bertz CT molecular complexity index is 659. The van der Waals surface area contributed by atoms with Crippen LogP contribution in [-0.4, -0.2) is 27.8 Å². The number of nitrogens with zero attached hydrogens (tertiary/aromatic N) is 3. The highest BCUT2D eigenvalue weighted by Crippen LogP contribution is 2.26. The minimum absolute atomic E-state index is 0.704. The summed E-state index contributed by atoms with van der Waals surface area (Å²) in [6, 6.07) is 8.17. The maximum absolute atomic E-state index is 5.43. The average Bonchev–Trinajstić information content (AvgIpc) is 2.94. The normalized spacial score (nSPS) is 13.6. The molecule has 19 heavy (non-hydrogen) atoms. The number of imidazole rings is 1. The van der Waals surface area contributed by atoms with Crippen LogP contribution in [0, 0.1) is 0 Å². The number of rotatable bonds is 2. The highest BCUT2D eigenvalue weighted by atomic mass is 32.1. The molecular formula is C14H16N4S. The molecule has 1 aromatic carbocycles. The lowest BCUT2D eigenvalue weighted by atomic mass is 10.3. The van der Waals surface area contributed by atoms with Crippen molar-refractivity contribution < 1.29 is 0 Å². The molecule has 4 nitrogen and oxygen atoms in total. The molecule has 2 heterocycles. The van der Waals surface area contributed by atoms with Crippen molar-refractivity contribution >= 4 is 34.3 Å². The summed E-state index contributed by atoms with van der Waals surface area (Å²) in [6.07, 6.45) is 0. The topological polar surface area (TPSA) is 33.1 Å². The zero-order valence-electron chi connectivity index (χ0n) is 10.9. The number of hydrogen-bond donors (Lipinski definition) is 1. The van der Waals surface area contributed by atoms with Gasteiger partial charge in [-0.15, -0.1) is 0 Å². The van der Waals surface area contributed by atoms with Crippen molar-refractivity contribution in [2.24, 2.45) is 0 Å². The summed E-state index contributed by atoms with van der Waals surface area (Å²) in [5.74, 6) is 0.931. The lowest BCUT2D eigenvalue weighted by molar-refractivity contribution is 0.825. The average molecular weight is 272 g/mol. The summed E-state index contributed by atoms with van der Waals surface area (Å²) in [5.41, 5.74) is 3.25. The van der Waals surface area contributed by atoms with Crippen LogP contribution in [0.5, 0.6) is 0 Å². The van der Waals surface area contributed by atoms with Crippen LogP contribution in [0.25, 0.3) is 11.0 Å². The quantitative estimate of drug-likeness (QED) is 0.672. The molecule has 0 saturated heterocycles. The molecule has 1 aromatic heterocycles. The van der Waals surface area contributed by atoms with Gasteiger partial charge in [0.05, 0.1) is 11.0 Å². The Kier molecular flexibility index (Phi) is 2.98. The fourth-order valence-corrected chi connectivity index (χ4v) is 2.55. The van der Waals surface area contributed by atoms with Crippen LogP contribution in [0.4, 0.5) is 5.95 Å². The maximum atomic E-state index is 5.43. The fraction of sp³-hybridized carbons (Fsp3) is 0.286. The van der Waals surface area contributed by atoms with E-state index in [4.69, 9.17) is 12.2 Å². The Morgan fingerprint density at radius 1 is 1.42 bits per heavy atom. The molecule has 1 aliphatic heterocycles. The van der Waals surface area contributed by atoms with Gasteiger partial charge in [-0.3, -0.25) is 4.90 Å². The van der Waals surface area contributed by atoms with Gasteiger partial charge >= 0.3 is 0 Å². The van der Waals surface area contributed by atoms with Crippen molar-refractivity contribution in [3.63, 3.8) is 0 Å². The van der Waals surface area contributed by atoms with Crippen LogP contribution < -0.4 is 10.2 Å². The predicted octanol–water partition coefficient (Wildman–Crippen LogP) is 2.31. The van der Waals surface area contributed by atoms with E-state index in [2.05, 4.69) is 32.4 Å². The lowest BCUT2D eigenvalue weighted by Crippen LogP contribution is -2.39. The second kappa shape index (κ2) is 4.66. The summed E-state index contributed by atoms with van der Waals surface area (Å²) >= 11 is 5.43. The van der Waals surface area contributed by atoms with Crippen molar-refractivity contribution in [2.45, 2.75) is 13.5 Å². The van der Waals surface area contributed by atoms with E-state index < -0.39 is 0 Å². The summed E-state index contributed by atoms with van der Waals surface area (Å²) in [5, 5.41) is 3.93. The van der Waals surface area contributed by atoms with Crippen molar-refractivity contribution in [1.82, 2.24) is 14.9 Å². The third kappa shape index (κ3) is 2.10. The van der Waals surface area contributed by atoms with E-state index in [0.29, 0.717) is 6.54 Å². The SMILES string of the molecule is C=C(C)CNC(=S)N1CCn2c1nc1ccccc12. The van der Waals surface area contributed by atoms with Crippen LogP contribution in [0.2, 0.25) is 0 Å². The second-order valence-electron chi connectivity index (χ2n) is 4.82. The molecule has 0 atom stereocenters. The first-order valence-electron chi connectivity index (χ1n) is 6.32. The molecule has 0 aliphatic carbocycles. The van der Waals surface area contributed by atoms with E-state index in [9.17, 15) is 0 Å². The highest BCUT2D eigenvalue weighted by Gasteiger charge is 2.25. The minimum Gasteiger partial charge on any atom is -0.358 e. The summed E-state index contributed by atoms with van der Waals surface area (Å²) < 4.78 is 2.21. The standard InChI is InChI=1S/C14H16N4S/c1-10(2)9-15-14(19)18-8-7-17-12-6-4-3-5-11(12)16-13(17)18/h3-6H,1,7-9H2,2H3,(H,15,19). The number of nitrogens with one attached hydrogen (secondary N) is 1. The Morgan fingerprint density at radius 3 is 3.00 bits per heavy atom. The van der Waals surface area contributed by atoms with E-state index in [1.807, 2.05) is 25.1 Å². The third-order valence-corrected chi connectivity index (χ3v) is 3.57. The zero-order chi connectivity index (χ0) is 13.4. The maximum Gasteiger partial charge on any atom is 0.213 e. The van der Waals surface area contributed by atoms with Gasteiger partial charge in [0.25, 0.3) is 0 Å². The van der Waals surface area contributed by atoms with Gasteiger partial charge in [0, 0.05) is 19.6 Å². The monoisotopic (exact) mass is 272 g/mol. The lowest BCUT2D eigenvalue weighted by Gasteiger charge is -2.18. The molecule has 1 N–H and O–H groups in total. The Labute approximate surface area is 117 Å². The van der Waals surface area contributed by atoms with Gasteiger partial charge < -0.3 is 9.88 Å². The van der Waals surface area contributed by atoms with Gasteiger partial charge in [-0.1, -0.05) is 24.3 Å². The molecule has 0 radical (unpaired) electrons. The van der Waals surface area contributed by atoms with Crippen molar-refractivity contribution in [3.05, 3.63) is 36.4 Å². The fourth-order valence-electron chi connectivity index (χ4n) is 2.30. The molecule has 0 saturated carbocycles. The first kappa shape index (κ1) is 12.2. The third-order valence-electron chi connectivity index (χ3n) is 3.21. The van der Waals surface area contributed by atoms with Gasteiger partial charge in [0.15, 0.2) is 5.11 Å². The molecule has 1 aliphatic rings. The van der Waals surface area contributed by atoms with Gasteiger partial charge in [0.1, 0.15) is 0 Å². The van der Waals surface area contributed by atoms with Gasteiger partial charge in [0.2, 0.25) is 5.95 Å². The minimum atomic E-state index is 0.704. The second-order valence-corrected chi connectivity index (χ2v) is 5.21. The van der Waals surface area contributed by atoms with Crippen LogP contribution in [0.15, 0.2) is 36.4 Å². The number of fused-ring (bicyclic) bond motifs is 3. The van der Waals surface area contributed by atoms with Crippen molar-refractivity contribution in [2.75, 3.05) is 18.0 Å². The number of para-hydroxylation sites is 2. The number of aromatic nitrogens is 2. The molecule has 0 amide bonds. The zero-order valence-corrected chi connectivity index (χ0v) is 11.7. The highest BCUT2D eigenvalue weighted by molar-refractivity contribution is 7.80. The first-order valence-corrected chi connectivity index (χ1v) is 6.72. The smallest absolute Gasteiger partial charge is 0.213 e. The van der Waals surface area contributed by atoms with Crippen LogP contribution >= 0.6 is 12.2 Å². The summed E-state index contributed by atoms with van der Waals surface area (Å²) in [7, 11) is 0. The summed E-state index contributed by atoms with van der Waals surface area (Å²) in [6.45, 7) is 8.35. The number of anilines is 1. The van der Waals surface area contributed by atoms with E-state index in [1.54, 1.807) is 0 Å². The number of hydrogen-bond acceptors (Lipinski definition) is 2. The van der Waals surface area contributed by atoms with E-state index in [1.165, 1.54) is 5.52 Å². The van der Waals surface area contributed by atoms with Gasteiger partial charge in [-0.2, -0.15) is 0 Å². The van der Waals surface area contributed by atoms with Gasteiger partial charge in [-0.05, 0) is 31.3 Å². The largest absolute Gasteiger partial charge is 0.358 e. The van der Waals surface area contributed by atoms with Crippen LogP contribution in [0.1, 0.15) is 6.92 Å². The molecule has 98 valence electrons. The van der Waals surface area contributed by atoms with E-state index >= 15 is 0 Å². The number of thiocarbonyl (C=S) groups is 1. The van der Waals surface area contributed by atoms with Crippen LogP contribution in [0.3, 0.4) is 0 Å². The molecule has 2 aromatic rings. The Balaban J connectivity index is 1.89. The molecule has 3 rings (SSSR count). The van der Waals surface area contributed by atoms with Crippen molar-refractivity contribution in [1.29, 1.82) is 0 Å². The molecule has 0 bridgehead atoms. The predicted molar refractivity (Wildman–Crippen MR) is 82.5 cm³/mol. The van der Waals surface area contributed by atoms with Crippen LogP contribution in [-0.2, 0) is 6.54 Å². The van der Waals surface area contributed by atoms with E-state index in [-0.39, 0.29) is 0 Å². The Morgan fingerprint density at radius 2 is 2.21 bits per heavy atom. The number of benzene rings is 1. The molecule has 0 spiro atoms. The van der Waals surface area contributed by atoms with Crippen molar-refractivity contribution in [3.8, 4) is 0 Å². The molecule has 0 fully saturated rings. The van der Waals surface area contributed by atoms with E-state index in [0.717, 1.165) is 35.2 Å². The molecule has 5 heteroatoms. The van der Waals surface area contributed by atoms with Gasteiger partial charge in [-0.25, -0.2) is 4.98 Å².